The molecule has 7 heteroatoms. The van der Waals surface area contributed by atoms with Crippen LogP contribution in [0.4, 0.5) is 10.1 Å². The van der Waals surface area contributed by atoms with E-state index in [0.29, 0.717) is 5.56 Å². The van der Waals surface area contributed by atoms with Gasteiger partial charge in [-0.1, -0.05) is 17.7 Å². The molecular weight excluding hydrogens is 289 g/mol. The van der Waals surface area contributed by atoms with Crippen LogP contribution >= 0.6 is 11.6 Å². The highest BCUT2D eigenvalue weighted by Crippen LogP contribution is 2.33. The van der Waals surface area contributed by atoms with Crippen molar-refractivity contribution >= 4 is 17.3 Å². The fourth-order valence-corrected chi connectivity index (χ4v) is 1.80. The molecule has 104 valence electrons. The second kappa shape index (κ2) is 5.85. The SMILES string of the molecule is O=[N+]([O-])c1ccc(F)cc1Oc1ccc(CO)c(Cl)c1. The number of nitro groups is 1. The molecule has 0 aromatic heterocycles. The number of hydrogen-bond acceptors (Lipinski definition) is 4. The quantitative estimate of drug-likeness (QED) is 0.690. The van der Waals surface area contributed by atoms with Crippen molar-refractivity contribution in [3.8, 4) is 11.5 Å². The number of aliphatic hydroxyl groups excluding tert-OH is 1. The number of ether oxygens (including phenoxy) is 1. The van der Waals surface area contributed by atoms with Crippen LogP contribution in [-0.2, 0) is 6.61 Å². The smallest absolute Gasteiger partial charge is 0.311 e. The molecule has 0 bridgehead atoms. The third-order valence-electron chi connectivity index (χ3n) is 2.54. The zero-order chi connectivity index (χ0) is 14.7. The van der Waals surface area contributed by atoms with E-state index in [1.54, 1.807) is 0 Å². The number of benzene rings is 2. The minimum atomic E-state index is -0.668. The molecule has 0 saturated heterocycles. The fraction of sp³-hybridized carbons (Fsp3) is 0.0769. The van der Waals surface area contributed by atoms with Crippen LogP contribution in [0.15, 0.2) is 36.4 Å². The molecule has 20 heavy (non-hydrogen) atoms. The average molecular weight is 298 g/mol. The van der Waals surface area contributed by atoms with Gasteiger partial charge in [-0.15, -0.1) is 0 Å². The summed E-state index contributed by atoms with van der Waals surface area (Å²) in [6.45, 7) is -0.237. The van der Waals surface area contributed by atoms with Crippen molar-refractivity contribution in [1.82, 2.24) is 0 Å². The van der Waals surface area contributed by atoms with E-state index in [1.807, 2.05) is 0 Å². The average Bonchev–Trinajstić information content (AvgIpc) is 2.38. The van der Waals surface area contributed by atoms with Gasteiger partial charge in [0.25, 0.3) is 0 Å². The number of nitrogens with zero attached hydrogens (tertiary/aromatic N) is 1. The number of rotatable bonds is 4. The number of halogens is 2. The first-order valence-corrected chi connectivity index (χ1v) is 5.90. The van der Waals surface area contributed by atoms with E-state index in [9.17, 15) is 14.5 Å². The second-order valence-corrected chi connectivity index (χ2v) is 4.29. The van der Waals surface area contributed by atoms with E-state index in [4.69, 9.17) is 21.4 Å². The highest BCUT2D eigenvalue weighted by molar-refractivity contribution is 6.31. The Labute approximate surface area is 118 Å². The Morgan fingerprint density at radius 2 is 2.05 bits per heavy atom. The summed E-state index contributed by atoms with van der Waals surface area (Å²) < 4.78 is 18.4. The lowest BCUT2D eigenvalue weighted by molar-refractivity contribution is -0.385. The molecular formula is C13H9ClFNO4. The molecule has 0 radical (unpaired) electrons. The Balaban J connectivity index is 2.36. The highest BCUT2D eigenvalue weighted by atomic mass is 35.5. The maximum absolute atomic E-state index is 13.1. The number of nitro benzene ring substituents is 1. The first-order valence-electron chi connectivity index (χ1n) is 5.52. The van der Waals surface area contributed by atoms with Gasteiger partial charge < -0.3 is 9.84 Å². The number of aliphatic hydroxyl groups is 1. The van der Waals surface area contributed by atoms with Gasteiger partial charge in [-0.25, -0.2) is 4.39 Å². The predicted octanol–water partition coefficient (Wildman–Crippen LogP) is 3.67. The third-order valence-corrected chi connectivity index (χ3v) is 2.89. The van der Waals surface area contributed by atoms with Crippen LogP contribution in [0.3, 0.4) is 0 Å². The Bertz CT molecular complexity index is 663. The minimum absolute atomic E-state index is 0.209. The topological polar surface area (TPSA) is 72.6 Å². The summed E-state index contributed by atoms with van der Waals surface area (Å²) in [6, 6.07) is 7.31. The summed E-state index contributed by atoms with van der Waals surface area (Å²) in [7, 11) is 0. The first kappa shape index (κ1) is 14.2. The van der Waals surface area contributed by atoms with Crippen LogP contribution in [-0.4, -0.2) is 10.0 Å². The summed E-state index contributed by atoms with van der Waals surface area (Å²) >= 11 is 5.88. The van der Waals surface area contributed by atoms with Gasteiger partial charge in [-0.3, -0.25) is 10.1 Å². The van der Waals surface area contributed by atoms with Gasteiger partial charge in [0, 0.05) is 17.2 Å². The summed E-state index contributed by atoms with van der Waals surface area (Å²) in [4.78, 5) is 10.2. The third kappa shape index (κ3) is 3.04. The number of hydrogen-bond donors (Lipinski definition) is 1. The molecule has 2 aromatic rings. The van der Waals surface area contributed by atoms with E-state index >= 15 is 0 Å². The predicted molar refractivity (Wildman–Crippen MR) is 70.5 cm³/mol. The van der Waals surface area contributed by atoms with Crippen molar-refractivity contribution in [3.05, 3.63) is 62.9 Å². The molecule has 0 aliphatic rings. The van der Waals surface area contributed by atoms with E-state index in [0.717, 1.165) is 18.2 Å². The highest BCUT2D eigenvalue weighted by Gasteiger charge is 2.17. The van der Waals surface area contributed by atoms with Gasteiger partial charge in [-0.2, -0.15) is 0 Å². The van der Waals surface area contributed by atoms with Gasteiger partial charge in [-0.05, 0) is 23.8 Å². The molecule has 0 amide bonds. The van der Waals surface area contributed by atoms with E-state index in [2.05, 4.69) is 0 Å². The normalized spacial score (nSPS) is 10.3. The second-order valence-electron chi connectivity index (χ2n) is 3.88. The zero-order valence-electron chi connectivity index (χ0n) is 10.0. The fourth-order valence-electron chi connectivity index (χ4n) is 1.57. The van der Waals surface area contributed by atoms with E-state index in [-0.39, 0.29) is 28.8 Å². The molecule has 0 saturated carbocycles. The molecule has 5 nitrogen and oxygen atoms in total. The molecule has 0 atom stereocenters. The zero-order valence-corrected chi connectivity index (χ0v) is 10.8. The molecule has 0 aliphatic heterocycles. The summed E-state index contributed by atoms with van der Waals surface area (Å²) in [5.41, 5.74) is 0.140. The Morgan fingerprint density at radius 1 is 1.30 bits per heavy atom. The Hall–Kier alpha value is -2.18. The lowest BCUT2D eigenvalue weighted by Crippen LogP contribution is -1.95. The maximum atomic E-state index is 13.1. The molecule has 2 rings (SSSR count). The van der Waals surface area contributed by atoms with Gasteiger partial charge in [0.15, 0.2) is 0 Å². The van der Waals surface area contributed by atoms with Gasteiger partial charge in [0.1, 0.15) is 11.6 Å². The van der Waals surface area contributed by atoms with Crippen molar-refractivity contribution in [3.63, 3.8) is 0 Å². The summed E-state index contributed by atoms with van der Waals surface area (Å²) in [6.07, 6.45) is 0. The molecule has 0 spiro atoms. The van der Waals surface area contributed by atoms with Crippen molar-refractivity contribution in [1.29, 1.82) is 0 Å². The Kier molecular flexibility index (Phi) is 4.16. The molecule has 0 fully saturated rings. The van der Waals surface area contributed by atoms with E-state index in [1.165, 1.54) is 18.2 Å². The van der Waals surface area contributed by atoms with Crippen molar-refractivity contribution < 1.29 is 19.2 Å². The lowest BCUT2D eigenvalue weighted by Gasteiger charge is -2.08. The Morgan fingerprint density at radius 3 is 2.65 bits per heavy atom. The van der Waals surface area contributed by atoms with Crippen LogP contribution in [0.25, 0.3) is 0 Å². The van der Waals surface area contributed by atoms with Crippen LogP contribution < -0.4 is 4.74 Å². The lowest BCUT2D eigenvalue weighted by atomic mass is 10.2. The van der Waals surface area contributed by atoms with Gasteiger partial charge in [0.05, 0.1) is 11.5 Å². The van der Waals surface area contributed by atoms with E-state index < -0.39 is 10.7 Å². The van der Waals surface area contributed by atoms with Crippen molar-refractivity contribution in [2.75, 3.05) is 0 Å². The molecule has 1 N–H and O–H groups in total. The molecule has 0 aliphatic carbocycles. The van der Waals surface area contributed by atoms with Crippen LogP contribution in [0.5, 0.6) is 11.5 Å². The largest absolute Gasteiger partial charge is 0.450 e. The first-order chi connectivity index (χ1) is 9.51. The van der Waals surface area contributed by atoms with Crippen LogP contribution in [0.1, 0.15) is 5.56 Å². The molecule has 0 heterocycles. The maximum Gasteiger partial charge on any atom is 0.311 e. The van der Waals surface area contributed by atoms with Crippen molar-refractivity contribution in [2.24, 2.45) is 0 Å². The molecule has 2 aromatic carbocycles. The van der Waals surface area contributed by atoms with Crippen LogP contribution in [0, 0.1) is 15.9 Å². The van der Waals surface area contributed by atoms with Crippen LogP contribution in [0.2, 0.25) is 5.02 Å². The summed E-state index contributed by atoms with van der Waals surface area (Å²) in [5.74, 6) is -0.660. The molecule has 0 unspecified atom stereocenters. The monoisotopic (exact) mass is 297 g/mol. The minimum Gasteiger partial charge on any atom is -0.450 e. The standard InChI is InChI=1S/C13H9ClFNO4/c14-11-6-10(3-1-8(11)7-17)20-13-5-9(15)2-4-12(13)16(18)19/h1-6,17H,7H2. The van der Waals surface area contributed by atoms with Gasteiger partial charge >= 0.3 is 5.69 Å². The van der Waals surface area contributed by atoms with Gasteiger partial charge in [0.2, 0.25) is 5.75 Å². The van der Waals surface area contributed by atoms with Crippen molar-refractivity contribution in [2.45, 2.75) is 6.61 Å². The summed E-state index contributed by atoms with van der Waals surface area (Å²) in [5, 5.41) is 20.1.